The molecule has 1 nitrogen and oxygen atoms in total. The summed E-state index contributed by atoms with van der Waals surface area (Å²) in [5.41, 5.74) is 6.05. The van der Waals surface area contributed by atoms with Gasteiger partial charge in [0.15, 0.2) is 0 Å². The third kappa shape index (κ3) is 2.48. The molecule has 0 heterocycles. The SMILES string of the molecule is CCCC1CCC(N)C(CC)C1. The predicted molar refractivity (Wildman–Crippen MR) is 54.0 cm³/mol. The van der Waals surface area contributed by atoms with E-state index < -0.39 is 0 Å². The summed E-state index contributed by atoms with van der Waals surface area (Å²) in [6, 6.07) is 0.503. The van der Waals surface area contributed by atoms with E-state index in [9.17, 15) is 0 Å². The minimum atomic E-state index is 0.503. The Morgan fingerprint density at radius 1 is 1.25 bits per heavy atom. The van der Waals surface area contributed by atoms with Crippen LogP contribution < -0.4 is 5.73 Å². The zero-order valence-corrected chi connectivity index (χ0v) is 8.55. The molecular weight excluding hydrogens is 146 g/mol. The molecule has 1 fully saturated rings. The first-order valence-corrected chi connectivity index (χ1v) is 5.53. The largest absolute Gasteiger partial charge is 0.327 e. The molecule has 2 N–H and O–H groups in total. The Labute approximate surface area is 76.7 Å². The van der Waals surface area contributed by atoms with E-state index in [1.807, 2.05) is 0 Å². The number of hydrogen-bond donors (Lipinski definition) is 1. The fourth-order valence-electron chi connectivity index (χ4n) is 2.52. The Hall–Kier alpha value is -0.0400. The highest BCUT2D eigenvalue weighted by atomic mass is 14.7. The number of rotatable bonds is 3. The van der Waals surface area contributed by atoms with Crippen molar-refractivity contribution in [3.63, 3.8) is 0 Å². The van der Waals surface area contributed by atoms with Gasteiger partial charge in [-0.15, -0.1) is 0 Å². The normalized spacial score (nSPS) is 36.8. The van der Waals surface area contributed by atoms with E-state index in [4.69, 9.17) is 5.73 Å². The molecule has 3 atom stereocenters. The first-order chi connectivity index (χ1) is 5.77. The van der Waals surface area contributed by atoms with Gasteiger partial charge >= 0.3 is 0 Å². The second kappa shape index (κ2) is 4.86. The van der Waals surface area contributed by atoms with Gasteiger partial charge in [0.2, 0.25) is 0 Å². The van der Waals surface area contributed by atoms with Crippen LogP contribution in [-0.2, 0) is 0 Å². The Balaban J connectivity index is 2.33. The Kier molecular flexibility index (Phi) is 4.07. The fourth-order valence-corrected chi connectivity index (χ4v) is 2.52. The van der Waals surface area contributed by atoms with E-state index in [0.29, 0.717) is 6.04 Å². The molecule has 1 saturated carbocycles. The third-order valence-corrected chi connectivity index (χ3v) is 3.37. The van der Waals surface area contributed by atoms with Crippen molar-refractivity contribution in [2.75, 3.05) is 0 Å². The molecule has 1 rings (SSSR count). The van der Waals surface area contributed by atoms with Gasteiger partial charge in [-0.05, 0) is 31.1 Å². The molecule has 0 saturated heterocycles. The van der Waals surface area contributed by atoms with Crippen molar-refractivity contribution in [2.45, 2.75) is 58.4 Å². The molecule has 1 aliphatic rings. The van der Waals surface area contributed by atoms with Gasteiger partial charge in [0.25, 0.3) is 0 Å². The van der Waals surface area contributed by atoms with Crippen molar-refractivity contribution < 1.29 is 0 Å². The highest BCUT2D eigenvalue weighted by molar-refractivity contribution is 4.81. The summed E-state index contributed by atoms with van der Waals surface area (Å²) in [6.07, 6.45) is 8.08. The van der Waals surface area contributed by atoms with Gasteiger partial charge in [0.1, 0.15) is 0 Å². The monoisotopic (exact) mass is 169 g/mol. The minimum Gasteiger partial charge on any atom is -0.327 e. The molecule has 3 unspecified atom stereocenters. The van der Waals surface area contributed by atoms with Gasteiger partial charge in [-0.3, -0.25) is 0 Å². The summed E-state index contributed by atoms with van der Waals surface area (Å²) in [5, 5.41) is 0. The quantitative estimate of drug-likeness (QED) is 0.690. The lowest BCUT2D eigenvalue weighted by Crippen LogP contribution is -2.35. The Bertz CT molecular complexity index is 122. The van der Waals surface area contributed by atoms with Crippen molar-refractivity contribution in [3.05, 3.63) is 0 Å². The van der Waals surface area contributed by atoms with Crippen LogP contribution in [0.3, 0.4) is 0 Å². The van der Waals surface area contributed by atoms with Crippen LogP contribution in [0.25, 0.3) is 0 Å². The van der Waals surface area contributed by atoms with Crippen LogP contribution in [-0.4, -0.2) is 6.04 Å². The molecule has 0 amide bonds. The zero-order valence-electron chi connectivity index (χ0n) is 8.55. The maximum absolute atomic E-state index is 6.05. The van der Waals surface area contributed by atoms with Gasteiger partial charge in [-0.2, -0.15) is 0 Å². The molecule has 1 heteroatoms. The third-order valence-electron chi connectivity index (χ3n) is 3.37. The first kappa shape index (κ1) is 10.0. The van der Waals surface area contributed by atoms with Crippen LogP contribution in [0.5, 0.6) is 0 Å². The summed E-state index contributed by atoms with van der Waals surface area (Å²) in [6.45, 7) is 4.56. The molecule has 72 valence electrons. The highest BCUT2D eigenvalue weighted by Gasteiger charge is 2.25. The second-order valence-corrected chi connectivity index (χ2v) is 4.30. The predicted octanol–water partition coefficient (Wildman–Crippen LogP) is 2.94. The topological polar surface area (TPSA) is 26.0 Å². The van der Waals surface area contributed by atoms with Crippen molar-refractivity contribution in [1.29, 1.82) is 0 Å². The fraction of sp³-hybridized carbons (Fsp3) is 1.00. The molecule has 0 aromatic heterocycles. The van der Waals surface area contributed by atoms with E-state index in [2.05, 4.69) is 13.8 Å². The van der Waals surface area contributed by atoms with Crippen molar-refractivity contribution >= 4 is 0 Å². The van der Waals surface area contributed by atoms with Gasteiger partial charge in [0, 0.05) is 6.04 Å². The van der Waals surface area contributed by atoms with E-state index in [-0.39, 0.29) is 0 Å². The molecule has 0 aromatic rings. The first-order valence-electron chi connectivity index (χ1n) is 5.53. The molecule has 12 heavy (non-hydrogen) atoms. The highest BCUT2D eigenvalue weighted by Crippen LogP contribution is 2.32. The van der Waals surface area contributed by atoms with Crippen LogP contribution in [0.4, 0.5) is 0 Å². The van der Waals surface area contributed by atoms with Gasteiger partial charge in [0.05, 0.1) is 0 Å². The lowest BCUT2D eigenvalue weighted by atomic mass is 9.76. The van der Waals surface area contributed by atoms with Crippen molar-refractivity contribution in [2.24, 2.45) is 17.6 Å². The zero-order chi connectivity index (χ0) is 8.97. The van der Waals surface area contributed by atoms with E-state index in [0.717, 1.165) is 11.8 Å². The maximum atomic E-state index is 6.05. The number of hydrogen-bond acceptors (Lipinski definition) is 1. The van der Waals surface area contributed by atoms with Crippen LogP contribution in [0.1, 0.15) is 52.4 Å². The lowest BCUT2D eigenvalue weighted by molar-refractivity contribution is 0.217. The smallest absolute Gasteiger partial charge is 0.00672 e. The Morgan fingerprint density at radius 2 is 2.00 bits per heavy atom. The van der Waals surface area contributed by atoms with Crippen LogP contribution in [0, 0.1) is 11.8 Å². The van der Waals surface area contributed by atoms with Crippen molar-refractivity contribution in [1.82, 2.24) is 0 Å². The van der Waals surface area contributed by atoms with Crippen LogP contribution >= 0.6 is 0 Å². The summed E-state index contributed by atoms with van der Waals surface area (Å²) in [7, 11) is 0. The summed E-state index contributed by atoms with van der Waals surface area (Å²) in [4.78, 5) is 0. The Morgan fingerprint density at radius 3 is 2.58 bits per heavy atom. The molecule has 0 spiro atoms. The van der Waals surface area contributed by atoms with Crippen LogP contribution in [0.2, 0.25) is 0 Å². The average molecular weight is 169 g/mol. The molecule has 0 aromatic carbocycles. The number of nitrogens with two attached hydrogens (primary N) is 1. The maximum Gasteiger partial charge on any atom is 0.00672 e. The molecule has 0 aliphatic heterocycles. The van der Waals surface area contributed by atoms with Gasteiger partial charge in [-0.25, -0.2) is 0 Å². The molecular formula is C11H23N. The van der Waals surface area contributed by atoms with Crippen LogP contribution in [0.15, 0.2) is 0 Å². The van der Waals surface area contributed by atoms with Gasteiger partial charge in [-0.1, -0.05) is 33.1 Å². The summed E-state index contributed by atoms with van der Waals surface area (Å²) in [5.74, 6) is 1.80. The molecule has 0 radical (unpaired) electrons. The van der Waals surface area contributed by atoms with E-state index >= 15 is 0 Å². The summed E-state index contributed by atoms with van der Waals surface area (Å²) < 4.78 is 0. The lowest BCUT2D eigenvalue weighted by Gasteiger charge is -2.33. The standard InChI is InChI=1S/C11H23N/c1-3-5-9-6-7-11(12)10(4-2)8-9/h9-11H,3-8,12H2,1-2H3. The van der Waals surface area contributed by atoms with E-state index in [1.165, 1.54) is 38.5 Å². The molecule has 0 bridgehead atoms. The van der Waals surface area contributed by atoms with Gasteiger partial charge < -0.3 is 5.73 Å². The summed E-state index contributed by atoms with van der Waals surface area (Å²) >= 11 is 0. The molecule has 1 aliphatic carbocycles. The minimum absolute atomic E-state index is 0.503. The van der Waals surface area contributed by atoms with E-state index in [1.54, 1.807) is 0 Å². The second-order valence-electron chi connectivity index (χ2n) is 4.30. The average Bonchev–Trinajstić information content (AvgIpc) is 2.09. The van der Waals surface area contributed by atoms with Crippen molar-refractivity contribution in [3.8, 4) is 0 Å².